The number of rotatable bonds is 7. The van der Waals surface area contributed by atoms with Crippen LogP contribution >= 0.6 is 11.6 Å². The predicted molar refractivity (Wildman–Crippen MR) is 115 cm³/mol. The molecule has 1 atom stereocenters. The van der Waals surface area contributed by atoms with Crippen LogP contribution in [-0.4, -0.2) is 29.1 Å². The molecule has 3 aromatic rings. The molecule has 0 saturated carbocycles. The zero-order chi connectivity index (χ0) is 25.0. The van der Waals surface area contributed by atoms with Gasteiger partial charge in [-0.3, -0.25) is 9.59 Å². The van der Waals surface area contributed by atoms with Gasteiger partial charge in [-0.2, -0.15) is 13.2 Å². The van der Waals surface area contributed by atoms with E-state index in [1.54, 1.807) is 18.2 Å². The topological polar surface area (TPSA) is 88.5 Å². The number of carboxylic acid groups (broad SMARTS) is 1. The van der Waals surface area contributed by atoms with Gasteiger partial charge in [0.2, 0.25) is 0 Å². The van der Waals surface area contributed by atoms with Gasteiger partial charge in [0.15, 0.2) is 0 Å². The molecule has 2 aromatic carbocycles. The number of aliphatic carboxylic acids is 1. The summed E-state index contributed by atoms with van der Waals surface area (Å²) in [4.78, 5) is 28.2. The van der Waals surface area contributed by atoms with Crippen molar-refractivity contribution in [3.63, 3.8) is 0 Å². The Morgan fingerprint density at radius 1 is 1.15 bits per heavy atom. The van der Waals surface area contributed by atoms with Gasteiger partial charge in [-0.25, -0.2) is 9.37 Å². The minimum atomic E-state index is -4.73. The molecule has 0 saturated heterocycles. The van der Waals surface area contributed by atoms with Gasteiger partial charge in [-0.05, 0) is 42.0 Å². The number of halogens is 5. The van der Waals surface area contributed by atoms with Crippen LogP contribution in [0, 0.1) is 5.82 Å². The summed E-state index contributed by atoms with van der Waals surface area (Å²) in [6.07, 6.45) is -5.23. The number of hydrogen-bond acceptors (Lipinski definition) is 4. The fourth-order valence-electron chi connectivity index (χ4n) is 3.22. The van der Waals surface area contributed by atoms with Crippen molar-refractivity contribution < 1.29 is 37.0 Å². The highest BCUT2D eigenvalue weighted by Crippen LogP contribution is 2.36. The van der Waals surface area contributed by atoms with E-state index in [2.05, 4.69) is 10.3 Å². The monoisotopic (exact) mass is 496 g/mol. The van der Waals surface area contributed by atoms with E-state index >= 15 is 0 Å². The maximum absolute atomic E-state index is 14.5. The van der Waals surface area contributed by atoms with Gasteiger partial charge in [-0.1, -0.05) is 29.8 Å². The number of carbonyl (C=O) groups is 2. The van der Waals surface area contributed by atoms with Gasteiger partial charge in [0.1, 0.15) is 23.0 Å². The Morgan fingerprint density at radius 2 is 1.85 bits per heavy atom. The molecular formula is C23H17ClF4N2O4. The summed E-state index contributed by atoms with van der Waals surface area (Å²) < 4.78 is 59.0. The van der Waals surface area contributed by atoms with Crippen LogP contribution in [-0.2, 0) is 11.0 Å². The number of carbonyl (C=O) groups excluding carboxylic acids is 1. The molecule has 0 aliphatic carbocycles. The molecule has 0 spiro atoms. The molecular weight excluding hydrogens is 480 g/mol. The van der Waals surface area contributed by atoms with Crippen LogP contribution in [0.4, 0.5) is 17.6 Å². The van der Waals surface area contributed by atoms with Gasteiger partial charge in [0.25, 0.3) is 5.91 Å². The molecule has 0 aliphatic heterocycles. The highest BCUT2D eigenvalue weighted by molar-refractivity contribution is 6.31. The lowest BCUT2D eigenvalue weighted by molar-refractivity contribution is -0.138. The van der Waals surface area contributed by atoms with Crippen molar-refractivity contribution in [2.75, 3.05) is 7.11 Å². The largest absolute Gasteiger partial charge is 0.494 e. The third-order valence-electron chi connectivity index (χ3n) is 4.82. The van der Waals surface area contributed by atoms with Gasteiger partial charge in [-0.15, -0.1) is 0 Å². The first kappa shape index (κ1) is 25.0. The average Bonchev–Trinajstić information content (AvgIpc) is 2.77. The summed E-state index contributed by atoms with van der Waals surface area (Å²) in [5, 5.41) is 12.0. The second kappa shape index (κ2) is 10.1. The fourth-order valence-corrected chi connectivity index (χ4v) is 3.48. The molecule has 0 bridgehead atoms. The van der Waals surface area contributed by atoms with Crippen LogP contribution in [0.1, 0.15) is 34.1 Å². The van der Waals surface area contributed by atoms with Gasteiger partial charge in [0.05, 0.1) is 25.1 Å². The van der Waals surface area contributed by atoms with Crippen LogP contribution in [0.3, 0.4) is 0 Å². The van der Waals surface area contributed by atoms with Crippen LogP contribution in [0.15, 0.2) is 54.6 Å². The molecule has 6 nitrogen and oxygen atoms in total. The number of nitrogens with one attached hydrogen (secondary N) is 1. The summed E-state index contributed by atoms with van der Waals surface area (Å²) in [6.45, 7) is 0. The van der Waals surface area contributed by atoms with Crippen LogP contribution in [0.5, 0.6) is 5.75 Å². The minimum absolute atomic E-state index is 0.0667. The van der Waals surface area contributed by atoms with Crippen LogP contribution in [0.25, 0.3) is 11.3 Å². The Kier molecular flexibility index (Phi) is 7.41. The number of benzene rings is 2. The molecule has 34 heavy (non-hydrogen) atoms. The lowest BCUT2D eigenvalue weighted by Gasteiger charge is -2.19. The standard InChI is InChI=1S/C23H17ClF4N2O4/c1-34-19-9-8-17(29-21(19)14-10-12(23(26,27)28)6-7-16(14)25)22(33)30-18(11-20(31)32)13-4-2-3-5-15(13)24/h2-10,18H,11H2,1H3,(H,30,33)(H,31,32). The Balaban J connectivity index is 2.02. The van der Waals surface area contributed by atoms with Crippen molar-refractivity contribution in [1.82, 2.24) is 10.3 Å². The molecule has 1 amide bonds. The number of hydrogen-bond donors (Lipinski definition) is 2. The van der Waals surface area contributed by atoms with Crippen molar-refractivity contribution in [2.45, 2.75) is 18.6 Å². The van der Waals surface area contributed by atoms with Crippen molar-refractivity contribution in [3.05, 3.63) is 82.3 Å². The first-order chi connectivity index (χ1) is 16.0. The van der Waals surface area contributed by atoms with Crippen molar-refractivity contribution in [3.8, 4) is 17.0 Å². The molecule has 0 radical (unpaired) electrons. The first-order valence-corrected chi connectivity index (χ1v) is 10.1. The molecule has 1 unspecified atom stereocenters. The summed E-state index contributed by atoms with van der Waals surface area (Å²) in [5.74, 6) is -3.12. The van der Waals surface area contributed by atoms with Crippen molar-refractivity contribution in [1.29, 1.82) is 0 Å². The number of pyridine rings is 1. The Morgan fingerprint density at radius 3 is 2.47 bits per heavy atom. The molecule has 1 heterocycles. The third kappa shape index (κ3) is 5.63. The second-order valence-electron chi connectivity index (χ2n) is 7.09. The average molecular weight is 497 g/mol. The van der Waals surface area contributed by atoms with E-state index in [0.717, 1.165) is 0 Å². The van der Waals surface area contributed by atoms with E-state index in [-0.39, 0.29) is 22.2 Å². The Hall–Kier alpha value is -3.66. The highest BCUT2D eigenvalue weighted by Gasteiger charge is 2.32. The number of aromatic nitrogens is 1. The Bertz CT molecular complexity index is 1230. The normalized spacial score (nSPS) is 12.2. The number of nitrogens with zero attached hydrogens (tertiary/aromatic N) is 1. The zero-order valence-electron chi connectivity index (χ0n) is 17.5. The van der Waals surface area contributed by atoms with Crippen LogP contribution in [0.2, 0.25) is 5.02 Å². The van der Waals surface area contributed by atoms with E-state index in [1.165, 1.54) is 25.3 Å². The fraction of sp³-hybridized carbons (Fsp3) is 0.174. The van der Waals surface area contributed by atoms with Gasteiger partial charge < -0.3 is 15.2 Å². The quantitative estimate of drug-likeness (QED) is 0.421. The summed E-state index contributed by atoms with van der Waals surface area (Å²) in [5.41, 5.74) is -1.91. The number of methoxy groups -OCH3 is 1. The number of ether oxygens (including phenoxy) is 1. The minimum Gasteiger partial charge on any atom is -0.494 e. The molecule has 0 aliphatic rings. The second-order valence-corrected chi connectivity index (χ2v) is 7.49. The van der Waals surface area contributed by atoms with Gasteiger partial charge >= 0.3 is 12.1 Å². The lowest BCUT2D eigenvalue weighted by Crippen LogP contribution is -2.31. The zero-order valence-corrected chi connectivity index (χ0v) is 18.2. The summed E-state index contributed by atoms with van der Waals surface area (Å²) >= 11 is 6.14. The van der Waals surface area contributed by atoms with E-state index in [4.69, 9.17) is 16.3 Å². The molecule has 178 valence electrons. The Labute approximate surface area is 196 Å². The molecule has 0 fully saturated rings. The van der Waals surface area contributed by atoms with Crippen molar-refractivity contribution >= 4 is 23.5 Å². The maximum atomic E-state index is 14.5. The SMILES string of the molecule is COc1ccc(C(=O)NC(CC(=O)O)c2ccccc2Cl)nc1-c1cc(C(F)(F)F)ccc1F. The molecule has 2 N–H and O–H groups in total. The molecule has 11 heteroatoms. The molecule has 1 aromatic heterocycles. The first-order valence-electron chi connectivity index (χ1n) is 9.70. The van der Waals surface area contributed by atoms with E-state index in [9.17, 15) is 32.3 Å². The van der Waals surface area contributed by atoms with Gasteiger partial charge in [0, 0.05) is 10.6 Å². The van der Waals surface area contributed by atoms with E-state index < -0.39 is 47.5 Å². The van der Waals surface area contributed by atoms with Crippen LogP contribution < -0.4 is 10.1 Å². The van der Waals surface area contributed by atoms with E-state index in [0.29, 0.717) is 23.8 Å². The predicted octanol–water partition coefficient (Wildman–Crippen LogP) is 5.51. The lowest BCUT2D eigenvalue weighted by atomic mass is 10.0. The highest BCUT2D eigenvalue weighted by atomic mass is 35.5. The number of amides is 1. The maximum Gasteiger partial charge on any atom is 0.416 e. The molecule has 3 rings (SSSR count). The smallest absolute Gasteiger partial charge is 0.416 e. The number of alkyl halides is 3. The van der Waals surface area contributed by atoms with E-state index in [1.807, 2.05) is 0 Å². The van der Waals surface area contributed by atoms with Crippen molar-refractivity contribution in [2.24, 2.45) is 0 Å². The summed E-state index contributed by atoms with van der Waals surface area (Å²) in [7, 11) is 1.21. The number of carboxylic acids is 1. The third-order valence-corrected chi connectivity index (χ3v) is 5.17. The summed E-state index contributed by atoms with van der Waals surface area (Å²) in [6, 6.07) is 9.55.